The van der Waals surface area contributed by atoms with Crippen LogP contribution in [-0.2, 0) is 9.59 Å². The number of benzene rings is 3. The van der Waals surface area contributed by atoms with Crippen LogP contribution in [0, 0.1) is 5.82 Å². The second-order valence-corrected chi connectivity index (χ2v) is 7.80. The van der Waals surface area contributed by atoms with Crippen LogP contribution in [0.5, 0.6) is 11.5 Å². The van der Waals surface area contributed by atoms with E-state index >= 15 is 0 Å². The van der Waals surface area contributed by atoms with Crippen molar-refractivity contribution >= 4 is 23.1 Å². The van der Waals surface area contributed by atoms with Crippen molar-refractivity contribution in [2.45, 2.75) is 19.4 Å². The summed E-state index contributed by atoms with van der Waals surface area (Å²) in [5, 5.41) is 11.3. The van der Waals surface area contributed by atoms with Gasteiger partial charge in [-0.25, -0.2) is 4.39 Å². The number of carbonyl (C=O) groups is 2. The van der Waals surface area contributed by atoms with Crippen LogP contribution in [0.25, 0.3) is 5.76 Å². The van der Waals surface area contributed by atoms with Crippen LogP contribution >= 0.6 is 0 Å². The number of ether oxygens (including phenoxy) is 2. The zero-order valence-electron chi connectivity index (χ0n) is 18.8. The quantitative estimate of drug-likeness (QED) is 0.296. The van der Waals surface area contributed by atoms with Crippen molar-refractivity contribution < 1.29 is 28.6 Å². The molecule has 34 heavy (non-hydrogen) atoms. The molecule has 0 saturated carbocycles. The van der Waals surface area contributed by atoms with Gasteiger partial charge in [0, 0.05) is 11.3 Å². The first kappa shape index (κ1) is 23.0. The third kappa shape index (κ3) is 4.37. The van der Waals surface area contributed by atoms with Gasteiger partial charge in [0.25, 0.3) is 11.7 Å². The van der Waals surface area contributed by atoms with Crippen LogP contribution in [-0.4, -0.2) is 30.5 Å². The summed E-state index contributed by atoms with van der Waals surface area (Å²) in [7, 11) is 1.51. The Morgan fingerprint density at radius 3 is 2.41 bits per heavy atom. The predicted molar refractivity (Wildman–Crippen MR) is 126 cm³/mol. The standard InChI is InChI=1S/C27H24FNO5/c1-3-14-34-22-9-5-7-18(16-22)25(30)23-24(17-6-4-8-21(15-17)33-2)29(27(32)26(23)31)20-12-10-19(28)11-13-20/h4-13,15-16,24,30H,3,14H2,1-2H3/b25-23-. The highest BCUT2D eigenvalue weighted by Gasteiger charge is 2.47. The topological polar surface area (TPSA) is 76.1 Å². The SMILES string of the molecule is CCCOc1cccc(/C(O)=C2/C(=O)C(=O)N(c3ccc(F)cc3)C2c2cccc(OC)c2)c1. The summed E-state index contributed by atoms with van der Waals surface area (Å²) in [5.74, 6) is -1.39. The van der Waals surface area contributed by atoms with E-state index in [0.717, 1.165) is 6.42 Å². The van der Waals surface area contributed by atoms with E-state index in [1.165, 1.54) is 36.3 Å². The molecule has 1 aliphatic rings. The van der Waals surface area contributed by atoms with Gasteiger partial charge >= 0.3 is 0 Å². The summed E-state index contributed by atoms with van der Waals surface area (Å²) in [4.78, 5) is 27.6. The Morgan fingerprint density at radius 2 is 1.71 bits per heavy atom. The molecule has 0 aliphatic carbocycles. The van der Waals surface area contributed by atoms with Crippen LogP contribution in [0.2, 0.25) is 0 Å². The second-order valence-electron chi connectivity index (χ2n) is 7.80. The number of rotatable bonds is 7. The fourth-order valence-corrected chi connectivity index (χ4v) is 3.94. The first-order valence-corrected chi connectivity index (χ1v) is 10.9. The first-order valence-electron chi connectivity index (χ1n) is 10.9. The van der Waals surface area contributed by atoms with Gasteiger partial charge in [-0.05, 0) is 60.5 Å². The minimum atomic E-state index is -0.944. The lowest BCUT2D eigenvalue weighted by Gasteiger charge is -2.25. The Labute approximate surface area is 196 Å². The smallest absolute Gasteiger partial charge is 0.300 e. The molecule has 1 N–H and O–H groups in total. The molecule has 0 aromatic heterocycles. The minimum absolute atomic E-state index is 0.0739. The summed E-state index contributed by atoms with van der Waals surface area (Å²) in [6.45, 7) is 2.48. The molecule has 1 unspecified atom stereocenters. The number of anilines is 1. The van der Waals surface area contributed by atoms with Crippen molar-refractivity contribution in [3.63, 3.8) is 0 Å². The summed E-state index contributed by atoms with van der Waals surface area (Å²) in [6.07, 6.45) is 0.814. The molecule has 1 amide bonds. The van der Waals surface area contributed by atoms with E-state index in [-0.39, 0.29) is 11.3 Å². The van der Waals surface area contributed by atoms with Gasteiger partial charge in [-0.1, -0.05) is 31.2 Å². The molecule has 1 aliphatic heterocycles. The zero-order valence-corrected chi connectivity index (χ0v) is 18.8. The van der Waals surface area contributed by atoms with Gasteiger partial charge in [0.1, 0.15) is 23.1 Å². The molecule has 0 bridgehead atoms. The maximum atomic E-state index is 13.6. The molecule has 7 heteroatoms. The molecule has 0 radical (unpaired) electrons. The Kier molecular flexibility index (Phi) is 6.63. The van der Waals surface area contributed by atoms with E-state index in [2.05, 4.69) is 0 Å². The predicted octanol–water partition coefficient (Wildman–Crippen LogP) is 5.25. The lowest BCUT2D eigenvalue weighted by molar-refractivity contribution is -0.132. The van der Waals surface area contributed by atoms with Crippen LogP contribution in [0.4, 0.5) is 10.1 Å². The number of aliphatic hydroxyl groups is 1. The van der Waals surface area contributed by atoms with Crippen LogP contribution < -0.4 is 14.4 Å². The Hall–Kier alpha value is -4.13. The van der Waals surface area contributed by atoms with E-state index in [0.29, 0.717) is 34.9 Å². The second kappa shape index (κ2) is 9.79. The number of methoxy groups -OCH3 is 1. The summed E-state index contributed by atoms with van der Waals surface area (Å²) < 4.78 is 24.5. The van der Waals surface area contributed by atoms with Crippen LogP contribution in [0.1, 0.15) is 30.5 Å². The molecule has 3 aromatic rings. The van der Waals surface area contributed by atoms with Gasteiger partial charge in [0.15, 0.2) is 0 Å². The van der Waals surface area contributed by atoms with Crippen molar-refractivity contribution in [3.05, 3.63) is 95.3 Å². The van der Waals surface area contributed by atoms with Crippen molar-refractivity contribution in [3.8, 4) is 11.5 Å². The first-order chi connectivity index (χ1) is 16.4. The third-order valence-electron chi connectivity index (χ3n) is 5.54. The number of hydrogen-bond donors (Lipinski definition) is 1. The molecular weight excluding hydrogens is 437 g/mol. The van der Waals surface area contributed by atoms with Crippen LogP contribution in [0.15, 0.2) is 78.4 Å². The van der Waals surface area contributed by atoms with Crippen molar-refractivity contribution in [2.75, 3.05) is 18.6 Å². The van der Waals surface area contributed by atoms with E-state index < -0.39 is 23.5 Å². The number of Topliss-reactive ketones (excluding diaryl/α,β-unsaturated/α-hetero) is 1. The fourth-order valence-electron chi connectivity index (χ4n) is 3.94. The number of aliphatic hydroxyl groups excluding tert-OH is 1. The highest BCUT2D eigenvalue weighted by atomic mass is 19.1. The normalized spacial score (nSPS) is 17.1. The lowest BCUT2D eigenvalue weighted by Crippen LogP contribution is -2.29. The molecule has 3 aromatic carbocycles. The number of hydrogen-bond acceptors (Lipinski definition) is 5. The van der Waals surface area contributed by atoms with Crippen LogP contribution in [0.3, 0.4) is 0 Å². The molecule has 6 nitrogen and oxygen atoms in total. The van der Waals surface area contributed by atoms with Gasteiger partial charge in [-0.3, -0.25) is 14.5 Å². The largest absolute Gasteiger partial charge is 0.507 e. The van der Waals surface area contributed by atoms with E-state index in [9.17, 15) is 19.1 Å². The van der Waals surface area contributed by atoms with E-state index in [1.807, 2.05) is 6.92 Å². The van der Waals surface area contributed by atoms with E-state index in [4.69, 9.17) is 9.47 Å². The highest BCUT2D eigenvalue weighted by molar-refractivity contribution is 6.51. The molecule has 0 spiro atoms. The molecule has 1 atom stereocenters. The summed E-state index contributed by atoms with van der Waals surface area (Å²) in [5.41, 5.74) is 1.16. The van der Waals surface area contributed by atoms with Gasteiger partial charge in [0.2, 0.25) is 0 Å². The number of ketones is 1. The molecular formula is C27H24FNO5. The Balaban J connectivity index is 1.89. The maximum absolute atomic E-state index is 13.6. The number of nitrogens with zero attached hydrogens (tertiary/aromatic N) is 1. The van der Waals surface area contributed by atoms with Gasteiger partial charge in [-0.15, -0.1) is 0 Å². The average molecular weight is 461 g/mol. The van der Waals surface area contributed by atoms with E-state index in [1.54, 1.807) is 48.5 Å². The summed E-state index contributed by atoms with van der Waals surface area (Å²) in [6, 6.07) is 18.0. The Bertz CT molecular complexity index is 1250. The van der Waals surface area contributed by atoms with Gasteiger partial charge < -0.3 is 14.6 Å². The third-order valence-corrected chi connectivity index (χ3v) is 5.54. The van der Waals surface area contributed by atoms with Gasteiger partial charge in [0.05, 0.1) is 25.3 Å². The molecule has 1 saturated heterocycles. The van der Waals surface area contributed by atoms with Crippen molar-refractivity contribution in [2.24, 2.45) is 0 Å². The number of halogens is 1. The monoisotopic (exact) mass is 461 g/mol. The number of amides is 1. The van der Waals surface area contributed by atoms with Crippen molar-refractivity contribution in [1.29, 1.82) is 0 Å². The zero-order chi connectivity index (χ0) is 24.2. The number of carbonyl (C=O) groups excluding carboxylic acids is 2. The van der Waals surface area contributed by atoms with Gasteiger partial charge in [-0.2, -0.15) is 0 Å². The minimum Gasteiger partial charge on any atom is -0.507 e. The molecule has 4 rings (SSSR count). The Morgan fingerprint density at radius 1 is 1.00 bits per heavy atom. The molecule has 1 heterocycles. The molecule has 174 valence electrons. The average Bonchev–Trinajstić information content (AvgIpc) is 3.13. The maximum Gasteiger partial charge on any atom is 0.300 e. The highest BCUT2D eigenvalue weighted by Crippen LogP contribution is 2.43. The van der Waals surface area contributed by atoms with Crippen molar-refractivity contribution in [1.82, 2.24) is 0 Å². The summed E-state index contributed by atoms with van der Waals surface area (Å²) >= 11 is 0. The molecule has 1 fully saturated rings. The fraction of sp³-hybridized carbons (Fsp3) is 0.185. The lowest BCUT2D eigenvalue weighted by atomic mass is 9.95.